The van der Waals surface area contributed by atoms with Crippen LogP contribution in [0.15, 0.2) is 11.6 Å². The molecule has 5 nitrogen and oxygen atoms in total. The van der Waals surface area contributed by atoms with Gasteiger partial charge in [-0.3, -0.25) is 9.59 Å². The van der Waals surface area contributed by atoms with Crippen LogP contribution in [0.25, 0.3) is 0 Å². The number of fused-ring (bicyclic) bond motifs is 7. The first-order valence-corrected chi connectivity index (χ1v) is 12.2. The van der Waals surface area contributed by atoms with Crippen LogP contribution in [0.2, 0.25) is 0 Å². The third-order valence-corrected chi connectivity index (χ3v) is 9.99. The molecule has 1 saturated heterocycles. The van der Waals surface area contributed by atoms with Gasteiger partial charge in [0.1, 0.15) is 11.8 Å². The summed E-state index contributed by atoms with van der Waals surface area (Å²) in [5, 5.41) is 10.9. The standard InChI is InChI=1S/C24H32F2O5S/c1-4-5-19-30-18-10-13-14-9-16(25)15-8-12(27)6-7-21(15,2)23(14,26)17(28)11-22(13,3)24(18,31-19)20(29)32/h8,13-14,16-19,28H,4-7,9-11H2,1-3H3,(H,29,32)/t13-,14-,16-,17?,18+,19+,21-,22-,23-,24-/m0/s1. The molecule has 0 spiro atoms. The third kappa shape index (κ3) is 2.50. The summed E-state index contributed by atoms with van der Waals surface area (Å²) in [6.07, 6.45) is -0.866. The molecule has 0 bridgehead atoms. The Bertz CT molecular complexity index is 896. The van der Waals surface area contributed by atoms with E-state index in [0.29, 0.717) is 12.8 Å². The molecular formula is C24H32F2O5S. The van der Waals surface area contributed by atoms with Crippen molar-refractivity contribution in [3.63, 3.8) is 0 Å². The molecular weight excluding hydrogens is 438 g/mol. The number of hydrogen-bond donors (Lipinski definition) is 2. The van der Waals surface area contributed by atoms with Crippen LogP contribution in [0.5, 0.6) is 0 Å². The highest BCUT2D eigenvalue weighted by atomic mass is 32.1. The summed E-state index contributed by atoms with van der Waals surface area (Å²) in [6, 6.07) is 0. The zero-order valence-electron chi connectivity index (χ0n) is 18.8. The third-order valence-electron chi connectivity index (χ3n) is 9.66. The summed E-state index contributed by atoms with van der Waals surface area (Å²) in [7, 11) is 0. The molecule has 5 rings (SSSR count). The summed E-state index contributed by atoms with van der Waals surface area (Å²) in [4.78, 5) is 25.0. The van der Waals surface area contributed by atoms with Gasteiger partial charge in [-0.1, -0.05) is 27.2 Å². The largest absolute Gasteiger partial charge is 0.390 e. The average molecular weight is 471 g/mol. The Balaban J connectivity index is 1.61. The second-order valence-electron chi connectivity index (χ2n) is 11.0. The topological polar surface area (TPSA) is 72.8 Å². The second kappa shape index (κ2) is 7.09. The molecule has 10 atom stereocenters. The number of carbonyl (C=O) groups is 2. The quantitative estimate of drug-likeness (QED) is 0.613. The molecule has 0 radical (unpaired) electrons. The van der Waals surface area contributed by atoms with Crippen LogP contribution in [-0.4, -0.2) is 51.9 Å². The van der Waals surface area contributed by atoms with Crippen molar-refractivity contribution in [2.75, 3.05) is 0 Å². The predicted octanol–water partition coefficient (Wildman–Crippen LogP) is 3.88. The molecule has 0 amide bonds. The molecule has 1 unspecified atom stereocenters. The molecule has 4 fully saturated rings. The molecule has 4 aliphatic carbocycles. The van der Waals surface area contributed by atoms with Gasteiger partial charge in [-0.2, -0.15) is 0 Å². The lowest BCUT2D eigenvalue weighted by atomic mass is 9.43. The summed E-state index contributed by atoms with van der Waals surface area (Å²) in [5.74, 6) is -1.45. The smallest absolute Gasteiger partial charge is 0.221 e. The van der Waals surface area contributed by atoms with Crippen molar-refractivity contribution in [1.29, 1.82) is 0 Å². The van der Waals surface area contributed by atoms with Crippen LogP contribution in [0.1, 0.15) is 65.7 Å². The number of halogens is 2. The minimum absolute atomic E-state index is 0.0105. The normalized spacial score (nSPS) is 54.3. The summed E-state index contributed by atoms with van der Waals surface area (Å²) >= 11 is 4.19. The van der Waals surface area contributed by atoms with Crippen molar-refractivity contribution in [1.82, 2.24) is 0 Å². The van der Waals surface area contributed by atoms with Crippen LogP contribution in [0.4, 0.5) is 8.78 Å². The minimum atomic E-state index is -2.10. The van der Waals surface area contributed by atoms with Gasteiger partial charge in [0.2, 0.25) is 5.12 Å². The molecule has 3 saturated carbocycles. The molecule has 8 heteroatoms. The van der Waals surface area contributed by atoms with E-state index in [1.807, 2.05) is 13.8 Å². The number of alkyl halides is 2. The Morgan fingerprint density at radius 3 is 2.69 bits per heavy atom. The number of aliphatic hydroxyl groups excluding tert-OH is 1. The first kappa shape index (κ1) is 22.9. The first-order valence-electron chi connectivity index (χ1n) is 11.8. The van der Waals surface area contributed by atoms with Crippen molar-refractivity contribution in [2.45, 2.75) is 102 Å². The fourth-order valence-corrected chi connectivity index (χ4v) is 8.56. The predicted molar refractivity (Wildman–Crippen MR) is 115 cm³/mol. The monoisotopic (exact) mass is 470 g/mol. The molecule has 1 heterocycles. The molecule has 178 valence electrons. The fraction of sp³-hybridized carbons (Fsp3) is 0.833. The van der Waals surface area contributed by atoms with E-state index < -0.39 is 63.7 Å². The highest BCUT2D eigenvalue weighted by molar-refractivity contribution is 7.96. The molecule has 1 N–H and O–H groups in total. The number of allylic oxidation sites excluding steroid dienone is 1. The van der Waals surface area contributed by atoms with E-state index in [9.17, 15) is 14.7 Å². The van der Waals surface area contributed by atoms with Crippen molar-refractivity contribution in [3.8, 4) is 0 Å². The molecule has 1 aliphatic heterocycles. The number of carbonyl (C=O) groups excluding carboxylic acids is 2. The zero-order chi connectivity index (χ0) is 23.3. The lowest BCUT2D eigenvalue weighted by molar-refractivity contribution is -0.240. The highest BCUT2D eigenvalue weighted by Crippen LogP contribution is 2.72. The lowest BCUT2D eigenvalue weighted by Gasteiger charge is -2.63. The summed E-state index contributed by atoms with van der Waals surface area (Å²) in [6.45, 7) is 5.49. The number of rotatable bonds is 3. The van der Waals surface area contributed by atoms with E-state index in [2.05, 4.69) is 12.6 Å². The van der Waals surface area contributed by atoms with E-state index in [1.54, 1.807) is 6.92 Å². The average Bonchev–Trinajstić information content (AvgIpc) is 3.19. The van der Waals surface area contributed by atoms with Gasteiger partial charge in [-0.15, -0.1) is 12.6 Å². The fourth-order valence-electron chi connectivity index (χ4n) is 8.11. The van der Waals surface area contributed by atoms with Crippen molar-refractivity contribution in [2.24, 2.45) is 22.7 Å². The Labute approximate surface area is 192 Å². The van der Waals surface area contributed by atoms with Crippen molar-refractivity contribution < 1.29 is 33.0 Å². The summed E-state index contributed by atoms with van der Waals surface area (Å²) < 4.78 is 45.0. The van der Waals surface area contributed by atoms with Gasteiger partial charge < -0.3 is 14.6 Å². The van der Waals surface area contributed by atoms with E-state index >= 15 is 8.78 Å². The summed E-state index contributed by atoms with van der Waals surface area (Å²) in [5.41, 5.74) is -5.54. The van der Waals surface area contributed by atoms with Crippen molar-refractivity contribution in [3.05, 3.63) is 11.6 Å². The maximum absolute atomic E-state index is 17.2. The Hall–Kier alpha value is -0.830. The maximum Gasteiger partial charge on any atom is 0.221 e. The zero-order valence-corrected chi connectivity index (χ0v) is 19.7. The Kier molecular flexibility index (Phi) is 5.08. The number of ether oxygens (including phenoxy) is 2. The van der Waals surface area contributed by atoms with Gasteiger partial charge in [-0.25, -0.2) is 8.78 Å². The Morgan fingerprint density at radius 2 is 2.03 bits per heavy atom. The van der Waals surface area contributed by atoms with Crippen LogP contribution < -0.4 is 0 Å². The second-order valence-corrected chi connectivity index (χ2v) is 11.4. The highest BCUT2D eigenvalue weighted by Gasteiger charge is 2.79. The molecule has 0 aromatic carbocycles. The maximum atomic E-state index is 17.2. The van der Waals surface area contributed by atoms with Gasteiger partial charge in [0.05, 0.1) is 12.2 Å². The van der Waals surface area contributed by atoms with Gasteiger partial charge in [0, 0.05) is 23.2 Å². The van der Waals surface area contributed by atoms with Crippen LogP contribution in [0.3, 0.4) is 0 Å². The number of ketones is 1. The van der Waals surface area contributed by atoms with Gasteiger partial charge in [-0.05, 0) is 49.7 Å². The number of thiol groups is 1. The first-order chi connectivity index (χ1) is 15.0. The van der Waals surface area contributed by atoms with Gasteiger partial charge in [0.15, 0.2) is 17.7 Å². The van der Waals surface area contributed by atoms with E-state index in [0.717, 1.165) is 6.42 Å². The number of hydrogen-bond acceptors (Lipinski definition) is 5. The number of aliphatic hydroxyl groups is 1. The van der Waals surface area contributed by atoms with Crippen LogP contribution >= 0.6 is 12.6 Å². The molecule has 0 aromatic heterocycles. The molecule has 32 heavy (non-hydrogen) atoms. The SMILES string of the molecule is CCC[C@@H]1O[C@@H]2C[C@H]3[C@@H]4C[C@H](F)C5=CC(=O)CC[C@]5(C)[C@@]4(F)C(O)C[C@]3(C)[C@]2(C(=O)S)O1. The Morgan fingerprint density at radius 1 is 1.31 bits per heavy atom. The van der Waals surface area contributed by atoms with E-state index in [4.69, 9.17) is 9.47 Å². The van der Waals surface area contributed by atoms with Gasteiger partial charge >= 0.3 is 0 Å². The molecule has 0 aromatic rings. The minimum Gasteiger partial charge on any atom is -0.390 e. The van der Waals surface area contributed by atoms with Crippen LogP contribution in [0, 0.1) is 22.7 Å². The van der Waals surface area contributed by atoms with Crippen molar-refractivity contribution >= 4 is 23.5 Å². The van der Waals surface area contributed by atoms with E-state index in [1.165, 1.54) is 6.08 Å². The van der Waals surface area contributed by atoms with E-state index in [-0.39, 0.29) is 37.0 Å². The van der Waals surface area contributed by atoms with Gasteiger partial charge in [0.25, 0.3) is 0 Å². The lowest BCUT2D eigenvalue weighted by Crippen LogP contribution is -2.71. The van der Waals surface area contributed by atoms with Crippen LogP contribution in [-0.2, 0) is 19.1 Å². The molecule has 5 aliphatic rings.